The average molecular weight is 263 g/mol. The lowest BCUT2D eigenvalue weighted by Crippen LogP contribution is -2.39. The van der Waals surface area contributed by atoms with Crippen LogP contribution >= 0.6 is 0 Å². The van der Waals surface area contributed by atoms with Crippen molar-refractivity contribution in [3.05, 3.63) is 24.3 Å². The average Bonchev–Trinajstić information content (AvgIpc) is 2.39. The number of amides is 2. The molecule has 2 amide bonds. The normalized spacial score (nSPS) is 12.1. The number of rotatable bonds is 5. The molecule has 1 aromatic carbocycles. The molecule has 19 heavy (non-hydrogen) atoms. The molecule has 0 saturated heterocycles. The Morgan fingerprint density at radius 1 is 1.11 bits per heavy atom. The van der Waals surface area contributed by atoms with Crippen LogP contribution < -0.4 is 16.4 Å². The summed E-state index contributed by atoms with van der Waals surface area (Å²) in [5, 5.41) is 5.48. The van der Waals surface area contributed by atoms with Crippen LogP contribution in [0.25, 0.3) is 0 Å². The highest BCUT2D eigenvalue weighted by Gasteiger charge is 2.16. The number of carbonyl (C=O) groups is 2. The largest absolute Gasteiger partial charge is 0.326 e. The first-order valence-corrected chi connectivity index (χ1v) is 6.40. The Morgan fingerprint density at radius 3 is 2.00 bits per heavy atom. The molecule has 1 rings (SSSR count). The summed E-state index contributed by atoms with van der Waals surface area (Å²) in [5.41, 5.74) is 7.12. The molecular formula is C14H21N3O2. The molecule has 0 aromatic heterocycles. The minimum atomic E-state index is -0.528. The number of nitrogens with two attached hydrogens (primary N) is 1. The van der Waals surface area contributed by atoms with E-state index in [9.17, 15) is 9.59 Å². The van der Waals surface area contributed by atoms with E-state index in [2.05, 4.69) is 10.6 Å². The summed E-state index contributed by atoms with van der Waals surface area (Å²) in [4.78, 5) is 23.0. The van der Waals surface area contributed by atoms with Gasteiger partial charge in [-0.2, -0.15) is 0 Å². The third-order valence-corrected chi connectivity index (χ3v) is 2.78. The Hall–Kier alpha value is -1.88. The van der Waals surface area contributed by atoms with Crippen molar-refractivity contribution in [3.63, 3.8) is 0 Å². The van der Waals surface area contributed by atoms with Crippen LogP contribution in [-0.2, 0) is 9.59 Å². The van der Waals surface area contributed by atoms with Crippen LogP contribution in [0.1, 0.15) is 27.2 Å². The summed E-state index contributed by atoms with van der Waals surface area (Å²) < 4.78 is 0. The maximum absolute atomic E-state index is 11.8. The second kappa shape index (κ2) is 6.89. The zero-order valence-corrected chi connectivity index (χ0v) is 11.6. The minimum absolute atomic E-state index is 0.0429. The van der Waals surface area contributed by atoms with Crippen LogP contribution in [0.15, 0.2) is 24.3 Å². The highest BCUT2D eigenvalue weighted by molar-refractivity contribution is 5.95. The smallest absolute Gasteiger partial charge is 0.241 e. The standard InChI is InChI=1S/C14H21N3O2/c1-4-12(18)16-10-5-7-11(8-6-10)17-14(19)13(15)9(2)3/h5-9,13H,4,15H2,1-3H3,(H,16,18)(H,17,19)/t13-/m0/s1. The monoisotopic (exact) mass is 263 g/mol. The van der Waals surface area contributed by atoms with Crippen LogP contribution in [0, 0.1) is 5.92 Å². The fraction of sp³-hybridized carbons (Fsp3) is 0.429. The molecule has 0 saturated carbocycles. The van der Waals surface area contributed by atoms with Gasteiger partial charge < -0.3 is 16.4 Å². The first-order valence-electron chi connectivity index (χ1n) is 6.40. The molecule has 5 heteroatoms. The van der Waals surface area contributed by atoms with Crippen molar-refractivity contribution >= 4 is 23.2 Å². The quantitative estimate of drug-likeness (QED) is 0.759. The van der Waals surface area contributed by atoms with Crippen LogP contribution in [0.5, 0.6) is 0 Å². The SMILES string of the molecule is CCC(=O)Nc1ccc(NC(=O)[C@@H](N)C(C)C)cc1. The summed E-state index contributed by atoms with van der Waals surface area (Å²) in [7, 11) is 0. The third-order valence-electron chi connectivity index (χ3n) is 2.78. The molecular weight excluding hydrogens is 242 g/mol. The molecule has 0 bridgehead atoms. The second-order valence-corrected chi connectivity index (χ2v) is 4.74. The van der Waals surface area contributed by atoms with E-state index in [1.807, 2.05) is 13.8 Å². The molecule has 1 aromatic rings. The van der Waals surface area contributed by atoms with Gasteiger partial charge in [0.1, 0.15) is 0 Å². The van der Waals surface area contributed by atoms with E-state index in [1.165, 1.54) is 0 Å². The highest BCUT2D eigenvalue weighted by Crippen LogP contribution is 2.14. The van der Waals surface area contributed by atoms with E-state index in [0.717, 1.165) is 0 Å². The van der Waals surface area contributed by atoms with E-state index in [1.54, 1.807) is 31.2 Å². The molecule has 104 valence electrons. The van der Waals surface area contributed by atoms with Gasteiger partial charge in [0, 0.05) is 17.8 Å². The molecule has 5 nitrogen and oxygen atoms in total. The number of hydrogen-bond acceptors (Lipinski definition) is 3. The number of benzene rings is 1. The number of nitrogens with one attached hydrogen (secondary N) is 2. The maximum atomic E-state index is 11.8. The van der Waals surface area contributed by atoms with Gasteiger partial charge in [-0.1, -0.05) is 20.8 Å². The first kappa shape index (κ1) is 15.2. The Morgan fingerprint density at radius 2 is 1.58 bits per heavy atom. The van der Waals surface area contributed by atoms with Gasteiger partial charge in [0.25, 0.3) is 0 Å². The summed E-state index contributed by atoms with van der Waals surface area (Å²) >= 11 is 0. The lowest BCUT2D eigenvalue weighted by molar-refractivity contribution is -0.118. The van der Waals surface area contributed by atoms with Gasteiger partial charge in [-0.25, -0.2) is 0 Å². The summed E-state index contributed by atoms with van der Waals surface area (Å²) in [6.45, 7) is 5.58. The fourth-order valence-electron chi connectivity index (χ4n) is 1.41. The van der Waals surface area contributed by atoms with Crippen molar-refractivity contribution < 1.29 is 9.59 Å². The Bertz CT molecular complexity index is 441. The predicted molar refractivity (Wildman–Crippen MR) is 76.8 cm³/mol. The summed E-state index contributed by atoms with van der Waals surface area (Å²) in [6, 6.07) is 6.42. The van der Waals surface area contributed by atoms with Crippen molar-refractivity contribution in [2.45, 2.75) is 33.2 Å². The van der Waals surface area contributed by atoms with Gasteiger partial charge >= 0.3 is 0 Å². The highest BCUT2D eigenvalue weighted by atomic mass is 16.2. The Kier molecular flexibility index (Phi) is 5.51. The molecule has 0 aliphatic carbocycles. The molecule has 0 heterocycles. The number of carbonyl (C=O) groups excluding carboxylic acids is 2. The summed E-state index contributed by atoms with van der Waals surface area (Å²) in [5.74, 6) is -0.165. The Balaban J connectivity index is 2.62. The molecule has 0 unspecified atom stereocenters. The molecule has 0 aliphatic heterocycles. The molecule has 4 N–H and O–H groups in total. The van der Waals surface area contributed by atoms with Gasteiger partial charge in [0.2, 0.25) is 11.8 Å². The minimum Gasteiger partial charge on any atom is -0.326 e. The number of hydrogen-bond donors (Lipinski definition) is 3. The molecule has 0 aliphatic rings. The van der Waals surface area contributed by atoms with E-state index in [0.29, 0.717) is 17.8 Å². The van der Waals surface area contributed by atoms with Crippen molar-refractivity contribution in [2.75, 3.05) is 10.6 Å². The van der Waals surface area contributed by atoms with E-state index < -0.39 is 6.04 Å². The molecule has 0 spiro atoms. The van der Waals surface area contributed by atoms with E-state index in [4.69, 9.17) is 5.73 Å². The van der Waals surface area contributed by atoms with Crippen LogP contribution in [-0.4, -0.2) is 17.9 Å². The second-order valence-electron chi connectivity index (χ2n) is 4.74. The topological polar surface area (TPSA) is 84.2 Å². The van der Waals surface area contributed by atoms with E-state index >= 15 is 0 Å². The molecule has 0 radical (unpaired) electrons. The first-order chi connectivity index (χ1) is 8.93. The molecule has 0 fully saturated rings. The number of anilines is 2. The summed E-state index contributed by atoms with van der Waals surface area (Å²) in [6.07, 6.45) is 0.432. The fourth-order valence-corrected chi connectivity index (χ4v) is 1.41. The molecule has 1 atom stereocenters. The van der Waals surface area contributed by atoms with Crippen LogP contribution in [0.3, 0.4) is 0 Å². The van der Waals surface area contributed by atoms with Crippen molar-refractivity contribution in [1.82, 2.24) is 0 Å². The van der Waals surface area contributed by atoms with Gasteiger partial charge in [-0.05, 0) is 30.2 Å². The van der Waals surface area contributed by atoms with Crippen molar-refractivity contribution in [3.8, 4) is 0 Å². The maximum Gasteiger partial charge on any atom is 0.241 e. The lowest BCUT2D eigenvalue weighted by Gasteiger charge is -2.15. The van der Waals surface area contributed by atoms with Crippen LogP contribution in [0.4, 0.5) is 11.4 Å². The van der Waals surface area contributed by atoms with Crippen LogP contribution in [0.2, 0.25) is 0 Å². The predicted octanol–water partition coefficient (Wildman–Crippen LogP) is 1.96. The van der Waals surface area contributed by atoms with Gasteiger partial charge in [0.15, 0.2) is 0 Å². The zero-order valence-electron chi connectivity index (χ0n) is 11.6. The van der Waals surface area contributed by atoms with Crippen molar-refractivity contribution in [1.29, 1.82) is 0 Å². The van der Waals surface area contributed by atoms with Gasteiger partial charge in [-0.15, -0.1) is 0 Å². The third kappa shape index (κ3) is 4.71. The Labute approximate surface area is 113 Å². The zero-order chi connectivity index (χ0) is 14.4. The van der Waals surface area contributed by atoms with Gasteiger partial charge in [0.05, 0.1) is 6.04 Å². The van der Waals surface area contributed by atoms with E-state index in [-0.39, 0.29) is 17.7 Å². The van der Waals surface area contributed by atoms with Crippen molar-refractivity contribution in [2.24, 2.45) is 11.7 Å². The lowest BCUT2D eigenvalue weighted by atomic mass is 10.0. The van der Waals surface area contributed by atoms with Gasteiger partial charge in [-0.3, -0.25) is 9.59 Å².